The summed E-state index contributed by atoms with van der Waals surface area (Å²) in [6.07, 6.45) is 3.64. The third-order valence-corrected chi connectivity index (χ3v) is 2.32. The van der Waals surface area contributed by atoms with E-state index in [-0.39, 0.29) is 18.6 Å². The van der Waals surface area contributed by atoms with Crippen LogP contribution >= 0.6 is 0 Å². The molecule has 0 aliphatic rings. The number of aliphatic hydroxyl groups is 1. The minimum Gasteiger partial charge on any atom is -0.396 e. The Labute approximate surface area is 78.6 Å². The maximum absolute atomic E-state index is 8.94. The van der Waals surface area contributed by atoms with E-state index in [2.05, 4.69) is 10.3 Å². The maximum Gasteiger partial charge on any atom is 0.202 e. The summed E-state index contributed by atoms with van der Waals surface area (Å²) in [6.45, 7) is 4.23. The van der Waals surface area contributed by atoms with Crippen molar-refractivity contribution >= 4 is 5.95 Å². The van der Waals surface area contributed by atoms with E-state index in [1.54, 1.807) is 6.20 Å². The third kappa shape index (κ3) is 2.45. The molecular weight excluding hydrogens is 166 g/mol. The molecule has 13 heavy (non-hydrogen) atoms. The van der Waals surface area contributed by atoms with Crippen LogP contribution in [0.1, 0.15) is 13.8 Å². The van der Waals surface area contributed by atoms with Crippen molar-refractivity contribution in [3.63, 3.8) is 0 Å². The fourth-order valence-electron chi connectivity index (χ4n) is 1.01. The van der Waals surface area contributed by atoms with Crippen molar-refractivity contribution in [3.8, 4) is 0 Å². The van der Waals surface area contributed by atoms with E-state index in [1.165, 1.54) is 0 Å². The number of aryl methyl sites for hydroxylation is 1. The lowest BCUT2D eigenvalue weighted by Gasteiger charge is -2.19. The number of rotatable bonds is 4. The highest BCUT2D eigenvalue weighted by molar-refractivity contribution is 5.26. The minimum atomic E-state index is 0.193. The van der Waals surface area contributed by atoms with Crippen LogP contribution in [0, 0.1) is 5.92 Å². The minimum absolute atomic E-state index is 0.193. The van der Waals surface area contributed by atoms with Gasteiger partial charge in [0.25, 0.3) is 0 Å². The second-order valence-electron chi connectivity index (χ2n) is 3.45. The summed E-state index contributed by atoms with van der Waals surface area (Å²) in [4.78, 5) is 4.14. The molecule has 0 aromatic carbocycles. The summed E-state index contributed by atoms with van der Waals surface area (Å²) in [5.41, 5.74) is 0. The fourth-order valence-corrected chi connectivity index (χ4v) is 1.01. The summed E-state index contributed by atoms with van der Waals surface area (Å²) in [5.74, 6) is 1.07. The van der Waals surface area contributed by atoms with Crippen molar-refractivity contribution in [2.24, 2.45) is 13.0 Å². The van der Waals surface area contributed by atoms with Crippen molar-refractivity contribution < 1.29 is 5.11 Å². The zero-order chi connectivity index (χ0) is 9.84. The van der Waals surface area contributed by atoms with Crippen LogP contribution < -0.4 is 5.32 Å². The van der Waals surface area contributed by atoms with Crippen molar-refractivity contribution in [2.75, 3.05) is 11.9 Å². The van der Waals surface area contributed by atoms with Crippen molar-refractivity contribution in [1.29, 1.82) is 0 Å². The lowest BCUT2D eigenvalue weighted by molar-refractivity contribution is 0.226. The van der Waals surface area contributed by atoms with Gasteiger partial charge in [0, 0.05) is 32.1 Å². The van der Waals surface area contributed by atoms with Gasteiger partial charge in [0.15, 0.2) is 0 Å². The molecule has 0 fully saturated rings. The zero-order valence-corrected chi connectivity index (χ0v) is 8.36. The maximum atomic E-state index is 8.94. The molecule has 0 bridgehead atoms. The van der Waals surface area contributed by atoms with Gasteiger partial charge >= 0.3 is 0 Å². The van der Waals surface area contributed by atoms with E-state index in [0.29, 0.717) is 0 Å². The molecule has 1 aromatic heterocycles. The smallest absolute Gasteiger partial charge is 0.202 e. The van der Waals surface area contributed by atoms with Gasteiger partial charge < -0.3 is 15.0 Å². The Bertz CT molecular complexity index is 259. The standard InChI is InChI=1S/C9H17N3O/c1-7(6-13)8(2)11-9-10-4-5-12(9)3/h4-5,7-8,13H,6H2,1-3H3,(H,10,11). The molecule has 0 amide bonds. The molecule has 74 valence electrons. The zero-order valence-electron chi connectivity index (χ0n) is 8.36. The molecule has 2 unspecified atom stereocenters. The number of aliphatic hydroxyl groups excluding tert-OH is 1. The predicted octanol–water partition coefficient (Wildman–Crippen LogP) is 0.849. The van der Waals surface area contributed by atoms with Gasteiger partial charge in [-0.25, -0.2) is 4.98 Å². The summed E-state index contributed by atoms with van der Waals surface area (Å²) in [6, 6.07) is 0.228. The number of aromatic nitrogens is 2. The molecule has 0 spiro atoms. The highest BCUT2D eigenvalue weighted by Gasteiger charge is 2.11. The molecule has 1 heterocycles. The highest BCUT2D eigenvalue weighted by Crippen LogP contribution is 2.09. The molecule has 0 radical (unpaired) electrons. The molecule has 1 aromatic rings. The SMILES string of the molecule is CC(CO)C(C)Nc1nccn1C. The van der Waals surface area contributed by atoms with Gasteiger partial charge in [0.1, 0.15) is 0 Å². The van der Waals surface area contributed by atoms with Crippen LogP contribution in [0.3, 0.4) is 0 Å². The van der Waals surface area contributed by atoms with E-state index in [1.807, 2.05) is 31.7 Å². The number of imidazole rings is 1. The Hall–Kier alpha value is -1.03. The average molecular weight is 183 g/mol. The van der Waals surface area contributed by atoms with E-state index in [0.717, 1.165) is 5.95 Å². The van der Waals surface area contributed by atoms with Crippen LogP contribution in [-0.2, 0) is 7.05 Å². The van der Waals surface area contributed by atoms with Crippen LogP contribution in [0.15, 0.2) is 12.4 Å². The predicted molar refractivity (Wildman–Crippen MR) is 52.5 cm³/mol. The van der Waals surface area contributed by atoms with Gasteiger partial charge in [0.05, 0.1) is 0 Å². The molecule has 0 aliphatic carbocycles. The van der Waals surface area contributed by atoms with Gasteiger partial charge in [-0.05, 0) is 12.8 Å². The van der Waals surface area contributed by atoms with E-state index in [9.17, 15) is 0 Å². The van der Waals surface area contributed by atoms with Crippen molar-refractivity contribution in [1.82, 2.24) is 9.55 Å². The van der Waals surface area contributed by atoms with E-state index >= 15 is 0 Å². The Balaban J connectivity index is 2.54. The topological polar surface area (TPSA) is 50.1 Å². The first-order chi connectivity index (χ1) is 6.15. The lowest BCUT2D eigenvalue weighted by Crippen LogP contribution is -2.27. The van der Waals surface area contributed by atoms with Crippen LogP contribution in [0.25, 0.3) is 0 Å². The summed E-state index contributed by atoms with van der Waals surface area (Å²) in [7, 11) is 1.94. The second kappa shape index (κ2) is 4.28. The third-order valence-electron chi connectivity index (χ3n) is 2.32. The first-order valence-corrected chi connectivity index (χ1v) is 4.50. The number of hydrogen-bond acceptors (Lipinski definition) is 3. The second-order valence-corrected chi connectivity index (χ2v) is 3.45. The Morgan fingerprint density at radius 2 is 2.31 bits per heavy atom. The molecule has 0 saturated carbocycles. The molecule has 0 aliphatic heterocycles. The van der Waals surface area contributed by atoms with Crippen LogP contribution in [-0.4, -0.2) is 27.3 Å². The first kappa shape index (κ1) is 10.1. The quantitative estimate of drug-likeness (QED) is 0.727. The molecular formula is C9H17N3O. The lowest BCUT2D eigenvalue weighted by atomic mass is 10.1. The molecule has 2 N–H and O–H groups in total. The number of anilines is 1. The molecule has 4 nitrogen and oxygen atoms in total. The van der Waals surface area contributed by atoms with Gasteiger partial charge in [0.2, 0.25) is 5.95 Å². The van der Waals surface area contributed by atoms with Gasteiger partial charge in [-0.1, -0.05) is 6.92 Å². The van der Waals surface area contributed by atoms with Gasteiger partial charge in [-0.3, -0.25) is 0 Å². The largest absolute Gasteiger partial charge is 0.396 e. The van der Waals surface area contributed by atoms with Crippen LogP contribution in [0.4, 0.5) is 5.95 Å². The normalized spacial score (nSPS) is 15.4. The fraction of sp³-hybridized carbons (Fsp3) is 0.667. The Morgan fingerprint density at radius 1 is 1.62 bits per heavy atom. The molecule has 2 atom stereocenters. The number of nitrogens with one attached hydrogen (secondary N) is 1. The molecule has 0 saturated heterocycles. The average Bonchev–Trinajstić information content (AvgIpc) is 2.50. The van der Waals surface area contributed by atoms with Crippen LogP contribution in [0.2, 0.25) is 0 Å². The number of nitrogens with zero attached hydrogens (tertiary/aromatic N) is 2. The molecule has 1 rings (SSSR count). The van der Waals surface area contributed by atoms with Gasteiger partial charge in [-0.15, -0.1) is 0 Å². The Kier molecular flexibility index (Phi) is 3.31. The highest BCUT2D eigenvalue weighted by atomic mass is 16.3. The van der Waals surface area contributed by atoms with Crippen LogP contribution in [0.5, 0.6) is 0 Å². The van der Waals surface area contributed by atoms with Gasteiger partial charge in [-0.2, -0.15) is 0 Å². The molecule has 4 heteroatoms. The Morgan fingerprint density at radius 3 is 2.77 bits per heavy atom. The number of hydrogen-bond donors (Lipinski definition) is 2. The summed E-state index contributed by atoms with van der Waals surface area (Å²) >= 11 is 0. The van der Waals surface area contributed by atoms with Crippen molar-refractivity contribution in [3.05, 3.63) is 12.4 Å². The summed E-state index contributed by atoms with van der Waals surface area (Å²) < 4.78 is 1.92. The van der Waals surface area contributed by atoms with Crippen molar-refractivity contribution in [2.45, 2.75) is 19.9 Å². The van der Waals surface area contributed by atoms with E-state index in [4.69, 9.17) is 5.11 Å². The monoisotopic (exact) mass is 183 g/mol. The summed E-state index contributed by atoms with van der Waals surface area (Å²) in [5, 5.41) is 12.2. The first-order valence-electron chi connectivity index (χ1n) is 4.50. The van der Waals surface area contributed by atoms with E-state index < -0.39 is 0 Å².